The largest absolute Gasteiger partial charge is 0.379 e. The van der Waals surface area contributed by atoms with Crippen LogP contribution < -0.4 is 0 Å². The molecule has 4 nitrogen and oxygen atoms in total. The summed E-state index contributed by atoms with van der Waals surface area (Å²) in [5.41, 5.74) is 3.80. The van der Waals surface area contributed by atoms with E-state index in [-0.39, 0.29) is 5.78 Å². The van der Waals surface area contributed by atoms with E-state index >= 15 is 0 Å². The van der Waals surface area contributed by atoms with Gasteiger partial charge < -0.3 is 4.74 Å². The van der Waals surface area contributed by atoms with E-state index in [1.54, 1.807) is 6.92 Å². The van der Waals surface area contributed by atoms with Gasteiger partial charge in [0.05, 0.1) is 18.9 Å². The summed E-state index contributed by atoms with van der Waals surface area (Å²) in [5.74, 6) is 0.0839. The molecule has 4 heteroatoms. The van der Waals surface area contributed by atoms with Crippen molar-refractivity contribution in [2.24, 2.45) is 4.99 Å². The van der Waals surface area contributed by atoms with Crippen molar-refractivity contribution in [2.45, 2.75) is 20.8 Å². The molecule has 1 aliphatic heterocycles. The minimum Gasteiger partial charge on any atom is -0.379 e. The molecule has 0 aliphatic carbocycles. The number of ketones is 1. The summed E-state index contributed by atoms with van der Waals surface area (Å²) in [7, 11) is 0. The van der Waals surface area contributed by atoms with Gasteiger partial charge in [0.1, 0.15) is 0 Å². The molecule has 2 rings (SSSR count). The summed E-state index contributed by atoms with van der Waals surface area (Å²) in [6.45, 7) is 10.0. The maximum absolute atomic E-state index is 11.3. The Bertz CT molecular complexity index is 567. The van der Waals surface area contributed by atoms with Crippen LogP contribution in [0.4, 0.5) is 0 Å². The molecule has 0 radical (unpaired) electrons. The molecule has 0 bridgehead atoms. The van der Waals surface area contributed by atoms with Gasteiger partial charge in [0, 0.05) is 30.9 Å². The molecule has 1 heterocycles. The topological polar surface area (TPSA) is 41.9 Å². The van der Waals surface area contributed by atoms with Crippen LogP contribution in [0.15, 0.2) is 35.3 Å². The third-order valence-corrected chi connectivity index (χ3v) is 3.73. The number of carbonyl (C=O) groups excluding carboxylic acids is 1. The Morgan fingerprint density at radius 3 is 2.32 bits per heavy atom. The van der Waals surface area contributed by atoms with Crippen LogP contribution in [0.1, 0.15) is 36.7 Å². The predicted octanol–water partition coefficient (Wildman–Crippen LogP) is 3.04. The van der Waals surface area contributed by atoms with E-state index in [0.29, 0.717) is 0 Å². The lowest BCUT2D eigenvalue weighted by molar-refractivity contribution is 0.0452. The molecule has 1 aliphatic rings. The van der Waals surface area contributed by atoms with Crippen molar-refractivity contribution in [3.63, 3.8) is 0 Å². The fraction of sp³-hybridized carbons (Fsp3) is 0.444. The van der Waals surface area contributed by atoms with Gasteiger partial charge in [0.2, 0.25) is 0 Å². The van der Waals surface area contributed by atoms with Gasteiger partial charge in [-0.05, 0) is 26.3 Å². The highest BCUT2D eigenvalue weighted by atomic mass is 16.5. The molecule has 0 aromatic heterocycles. The Hall–Kier alpha value is -1.78. The first-order valence-corrected chi connectivity index (χ1v) is 7.72. The van der Waals surface area contributed by atoms with Gasteiger partial charge in [0.25, 0.3) is 0 Å². The van der Waals surface area contributed by atoms with Crippen molar-refractivity contribution < 1.29 is 9.53 Å². The number of hydrogen-bond donors (Lipinski definition) is 0. The van der Waals surface area contributed by atoms with Gasteiger partial charge in [0.15, 0.2) is 5.78 Å². The molecule has 1 aromatic carbocycles. The molecule has 0 atom stereocenters. The van der Waals surface area contributed by atoms with Crippen molar-refractivity contribution in [2.75, 3.05) is 32.8 Å². The standard InChI is InChI=1S/C18H24N2O2/c1-4-18(17-7-5-16(6-8-17)15(3)21)19-14(2)13-20-9-11-22-12-10-20/h4-8H,9-13H2,1-3H3/b18-4-,19-14?. The molecule has 0 saturated carbocycles. The minimum atomic E-state index is 0.0839. The lowest BCUT2D eigenvalue weighted by Crippen LogP contribution is -2.39. The van der Waals surface area contributed by atoms with E-state index in [0.717, 1.165) is 55.4 Å². The molecule has 0 unspecified atom stereocenters. The number of rotatable bonds is 5. The summed E-state index contributed by atoms with van der Waals surface area (Å²) in [4.78, 5) is 18.4. The Balaban J connectivity index is 2.07. The van der Waals surface area contributed by atoms with Gasteiger partial charge in [-0.1, -0.05) is 30.3 Å². The molecular formula is C18H24N2O2. The van der Waals surface area contributed by atoms with Crippen LogP contribution in [0, 0.1) is 0 Å². The number of benzene rings is 1. The lowest BCUT2D eigenvalue weighted by atomic mass is 10.1. The van der Waals surface area contributed by atoms with Gasteiger partial charge in [-0.25, -0.2) is 0 Å². The Labute approximate surface area is 132 Å². The van der Waals surface area contributed by atoms with E-state index in [4.69, 9.17) is 9.73 Å². The zero-order chi connectivity index (χ0) is 15.9. The van der Waals surface area contributed by atoms with E-state index in [2.05, 4.69) is 11.8 Å². The SMILES string of the molecule is C/C=C(\N=C(C)CN1CCOCC1)c1ccc(C(C)=O)cc1. The second kappa shape index (κ2) is 8.01. The molecular weight excluding hydrogens is 276 g/mol. The molecule has 1 saturated heterocycles. The maximum Gasteiger partial charge on any atom is 0.159 e. The average molecular weight is 300 g/mol. The van der Waals surface area contributed by atoms with E-state index in [1.165, 1.54) is 0 Å². The number of nitrogens with zero attached hydrogens (tertiary/aromatic N) is 2. The van der Waals surface area contributed by atoms with Crippen LogP contribution in [0.5, 0.6) is 0 Å². The van der Waals surface area contributed by atoms with Crippen molar-refractivity contribution in [3.8, 4) is 0 Å². The number of hydrogen-bond acceptors (Lipinski definition) is 4. The van der Waals surface area contributed by atoms with E-state index in [1.807, 2.05) is 37.3 Å². The zero-order valence-corrected chi connectivity index (χ0v) is 13.6. The van der Waals surface area contributed by atoms with Crippen molar-refractivity contribution in [1.29, 1.82) is 0 Å². The number of Topliss-reactive ketones (excluding diaryl/α,β-unsaturated/α-hetero) is 1. The highest BCUT2D eigenvalue weighted by Gasteiger charge is 2.11. The molecule has 0 N–H and O–H groups in total. The summed E-state index contributed by atoms with van der Waals surface area (Å²) in [6, 6.07) is 7.62. The smallest absolute Gasteiger partial charge is 0.159 e. The van der Waals surface area contributed by atoms with Crippen molar-refractivity contribution in [3.05, 3.63) is 41.5 Å². The Morgan fingerprint density at radius 2 is 1.77 bits per heavy atom. The summed E-state index contributed by atoms with van der Waals surface area (Å²) in [6.07, 6.45) is 2.01. The van der Waals surface area contributed by atoms with Crippen LogP contribution in [0.3, 0.4) is 0 Å². The van der Waals surface area contributed by atoms with Crippen molar-refractivity contribution >= 4 is 17.2 Å². The number of allylic oxidation sites excluding steroid dienone is 1. The summed E-state index contributed by atoms with van der Waals surface area (Å²) in [5, 5.41) is 0. The number of ether oxygens (including phenoxy) is 1. The molecule has 22 heavy (non-hydrogen) atoms. The number of morpholine rings is 1. The maximum atomic E-state index is 11.3. The monoisotopic (exact) mass is 300 g/mol. The van der Waals surface area contributed by atoms with E-state index in [9.17, 15) is 4.79 Å². The first-order valence-electron chi connectivity index (χ1n) is 7.72. The number of carbonyl (C=O) groups is 1. The Morgan fingerprint density at radius 1 is 1.18 bits per heavy atom. The molecule has 0 spiro atoms. The fourth-order valence-electron chi connectivity index (χ4n) is 2.50. The van der Waals surface area contributed by atoms with Crippen LogP contribution in [-0.4, -0.2) is 49.2 Å². The molecule has 118 valence electrons. The van der Waals surface area contributed by atoms with Crippen molar-refractivity contribution in [1.82, 2.24) is 4.90 Å². The van der Waals surface area contributed by atoms with Gasteiger partial charge in [-0.2, -0.15) is 0 Å². The van der Waals surface area contributed by atoms with Gasteiger partial charge in [-0.15, -0.1) is 0 Å². The predicted molar refractivity (Wildman–Crippen MR) is 90.5 cm³/mol. The second-order valence-corrected chi connectivity index (χ2v) is 5.54. The van der Waals surface area contributed by atoms with E-state index < -0.39 is 0 Å². The third-order valence-electron chi connectivity index (χ3n) is 3.73. The van der Waals surface area contributed by atoms with Crippen LogP contribution in [0.2, 0.25) is 0 Å². The quantitative estimate of drug-likeness (QED) is 0.620. The van der Waals surface area contributed by atoms with Gasteiger partial charge >= 0.3 is 0 Å². The first kappa shape index (κ1) is 16.6. The minimum absolute atomic E-state index is 0.0839. The highest BCUT2D eigenvalue weighted by molar-refractivity contribution is 5.94. The summed E-state index contributed by atoms with van der Waals surface area (Å²) >= 11 is 0. The highest BCUT2D eigenvalue weighted by Crippen LogP contribution is 2.17. The van der Waals surface area contributed by atoms with Crippen LogP contribution in [-0.2, 0) is 4.74 Å². The number of aliphatic imine (C=N–C) groups is 1. The average Bonchev–Trinajstić information content (AvgIpc) is 2.53. The fourth-order valence-corrected chi connectivity index (χ4v) is 2.50. The first-order chi connectivity index (χ1) is 10.6. The molecule has 0 amide bonds. The lowest BCUT2D eigenvalue weighted by Gasteiger charge is -2.26. The second-order valence-electron chi connectivity index (χ2n) is 5.54. The normalized spacial score (nSPS) is 17.6. The zero-order valence-electron chi connectivity index (χ0n) is 13.6. The third kappa shape index (κ3) is 4.61. The van der Waals surface area contributed by atoms with Gasteiger partial charge in [-0.3, -0.25) is 14.7 Å². The molecule has 1 fully saturated rings. The van der Waals surface area contributed by atoms with Crippen LogP contribution in [0.25, 0.3) is 5.70 Å². The Kier molecular flexibility index (Phi) is 6.04. The molecule has 1 aromatic rings. The summed E-state index contributed by atoms with van der Waals surface area (Å²) < 4.78 is 5.36. The van der Waals surface area contributed by atoms with Crippen LogP contribution >= 0.6 is 0 Å².